The first-order valence-electron chi connectivity index (χ1n) is 10.0. The SMILES string of the molecule is CB1C=Cc2cccc(OCc3cc(=O)n4c(c3C3CC3)SCC4C(O)O)c2N1. The average molecular weight is 410 g/mol. The Labute approximate surface area is 173 Å². The van der Waals surface area contributed by atoms with Crippen molar-refractivity contribution in [1.82, 2.24) is 4.57 Å². The van der Waals surface area contributed by atoms with Gasteiger partial charge in [-0.1, -0.05) is 31.0 Å². The molecule has 8 heteroatoms. The number of benzene rings is 1. The van der Waals surface area contributed by atoms with Crippen LogP contribution in [0.15, 0.2) is 40.1 Å². The maximum absolute atomic E-state index is 12.8. The molecule has 1 fully saturated rings. The largest absolute Gasteiger partial charge is 0.487 e. The van der Waals surface area contributed by atoms with Crippen LogP contribution >= 0.6 is 11.8 Å². The second-order valence-electron chi connectivity index (χ2n) is 7.96. The van der Waals surface area contributed by atoms with Gasteiger partial charge in [0.2, 0.25) is 0 Å². The molecule has 1 aliphatic carbocycles. The number of ether oxygens (including phenoxy) is 1. The zero-order valence-electron chi connectivity index (χ0n) is 16.2. The molecule has 1 aromatic heterocycles. The van der Waals surface area contributed by atoms with Crippen molar-refractivity contribution in [1.29, 1.82) is 0 Å². The summed E-state index contributed by atoms with van der Waals surface area (Å²) in [6, 6.07) is 6.99. The molecule has 0 bridgehead atoms. The molecule has 3 N–H and O–H groups in total. The van der Waals surface area contributed by atoms with Crippen LogP contribution in [-0.4, -0.2) is 33.7 Å². The fraction of sp³-hybridized carbons (Fsp3) is 0.381. The number of nitrogens with zero attached hydrogens (tertiary/aromatic N) is 1. The van der Waals surface area contributed by atoms with E-state index in [1.165, 1.54) is 11.8 Å². The maximum atomic E-state index is 12.8. The van der Waals surface area contributed by atoms with Crippen molar-refractivity contribution in [3.05, 3.63) is 57.3 Å². The highest BCUT2D eigenvalue weighted by atomic mass is 32.2. The van der Waals surface area contributed by atoms with Gasteiger partial charge >= 0.3 is 0 Å². The van der Waals surface area contributed by atoms with Crippen molar-refractivity contribution in [2.24, 2.45) is 0 Å². The van der Waals surface area contributed by atoms with Gasteiger partial charge in [0.1, 0.15) is 12.4 Å². The molecule has 1 unspecified atom stereocenters. The van der Waals surface area contributed by atoms with Crippen LogP contribution in [0.5, 0.6) is 5.75 Å². The lowest BCUT2D eigenvalue weighted by molar-refractivity contribution is -0.0727. The van der Waals surface area contributed by atoms with E-state index in [-0.39, 0.29) is 12.4 Å². The Morgan fingerprint density at radius 2 is 2.21 bits per heavy atom. The third-order valence-electron chi connectivity index (χ3n) is 5.76. The number of aliphatic hydroxyl groups is 2. The standard InChI is InChI=1S/C21H23BN2O4S/c1-22-8-7-13-3-2-4-16(19(13)23-22)28-10-14-9-17(25)24-15(21(26)27)11-29-20(24)18(14)12-5-6-12/h2-4,7-9,12,15,21,23,26-27H,5-6,10-11H2,1H3. The van der Waals surface area contributed by atoms with Crippen LogP contribution in [0, 0.1) is 0 Å². The minimum atomic E-state index is -1.53. The maximum Gasteiger partial charge on any atom is 0.275 e. The molecule has 2 aromatic rings. The fourth-order valence-electron chi connectivity index (χ4n) is 4.15. The number of thioether (sulfide) groups is 1. The van der Waals surface area contributed by atoms with Gasteiger partial charge in [0.15, 0.2) is 6.29 Å². The molecule has 1 aromatic carbocycles. The van der Waals surface area contributed by atoms with Crippen LogP contribution in [0.4, 0.5) is 5.69 Å². The van der Waals surface area contributed by atoms with Crippen molar-refractivity contribution >= 4 is 30.4 Å². The van der Waals surface area contributed by atoms with E-state index in [1.807, 2.05) is 18.2 Å². The Bertz CT molecular complexity index is 1050. The van der Waals surface area contributed by atoms with Gasteiger partial charge in [0.05, 0.1) is 16.8 Å². The van der Waals surface area contributed by atoms with Gasteiger partial charge in [-0.25, -0.2) is 0 Å². The van der Waals surface area contributed by atoms with E-state index in [2.05, 4.69) is 24.1 Å². The van der Waals surface area contributed by atoms with Gasteiger partial charge in [-0.05, 0) is 36.0 Å². The Kier molecular flexibility index (Phi) is 4.72. The molecule has 1 atom stereocenters. The van der Waals surface area contributed by atoms with E-state index in [9.17, 15) is 15.0 Å². The van der Waals surface area contributed by atoms with Gasteiger partial charge in [0.25, 0.3) is 12.4 Å². The average Bonchev–Trinajstić information content (AvgIpc) is 3.42. The van der Waals surface area contributed by atoms with Crippen molar-refractivity contribution in [3.8, 4) is 5.75 Å². The monoisotopic (exact) mass is 410 g/mol. The zero-order chi connectivity index (χ0) is 20.1. The summed E-state index contributed by atoms with van der Waals surface area (Å²) in [5.74, 6) is 3.81. The predicted octanol–water partition coefficient (Wildman–Crippen LogP) is 2.86. The summed E-state index contributed by atoms with van der Waals surface area (Å²) in [5, 5.41) is 23.7. The molecular weight excluding hydrogens is 387 g/mol. The third kappa shape index (κ3) is 3.39. The molecule has 2 aliphatic heterocycles. The first-order chi connectivity index (χ1) is 14.0. The number of nitrogens with one attached hydrogen (secondary N) is 1. The molecule has 1 saturated carbocycles. The van der Waals surface area contributed by atoms with E-state index in [0.717, 1.165) is 46.0 Å². The van der Waals surface area contributed by atoms with Crippen molar-refractivity contribution in [2.75, 3.05) is 11.0 Å². The van der Waals surface area contributed by atoms with Gasteiger partial charge in [-0.2, -0.15) is 0 Å². The van der Waals surface area contributed by atoms with Gasteiger partial charge in [-0.3, -0.25) is 9.36 Å². The van der Waals surface area contributed by atoms with Gasteiger partial charge in [0, 0.05) is 17.4 Å². The lowest BCUT2D eigenvalue weighted by Gasteiger charge is -2.22. The van der Waals surface area contributed by atoms with Crippen LogP contribution in [0.3, 0.4) is 0 Å². The molecule has 0 amide bonds. The molecule has 5 rings (SSSR count). The summed E-state index contributed by atoms with van der Waals surface area (Å²) >= 11 is 1.54. The first-order valence-corrected chi connectivity index (χ1v) is 11.0. The number of aromatic nitrogens is 1. The lowest BCUT2D eigenvalue weighted by Crippen LogP contribution is -2.32. The molecule has 3 aliphatic rings. The number of hydrogen-bond donors (Lipinski definition) is 3. The topological polar surface area (TPSA) is 83.7 Å². The zero-order valence-corrected chi connectivity index (χ0v) is 17.0. The van der Waals surface area contributed by atoms with Crippen LogP contribution in [-0.2, 0) is 6.61 Å². The number of hydrogen-bond acceptors (Lipinski definition) is 6. The minimum Gasteiger partial charge on any atom is -0.487 e. The predicted molar refractivity (Wildman–Crippen MR) is 116 cm³/mol. The lowest BCUT2D eigenvalue weighted by atomic mass is 9.63. The second-order valence-corrected chi connectivity index (χ2v) is 8.97. The molecule has 0 saturated heterocycles. The van der Waals surface area contributed by atoms with Crippen molar-refractivity contribution < 1.29 is 14.9 Å². The summed E-state index contributed by atoms with van der Waals surface area (Å²) in [5.41, 5.74) is 3.92. The smallest absolute Gasteiger partial charge is 0.275 e. The number of rotatable bonds is 5. The Morgan fingerprint density at radius 1 is 1.38 bits per heavy atom. The third-order valence-corrected chi connectivity index (χ3v) is 6.96. The van der Waals surface area contributed by atoms with Crippen LogP contribution in [0.1, 0.15) is 41.5 Å². The molecule has 3 heterocycles. The highest BCUT2D eigenvalue weighted by Gasteiger charge is 2.37. The summed E-state index contributed by atoms with van der Waals surface area (Å²) in [6.45, 7) is 2.64. The van der Waals surface area contributed by atoms with Gasteiger partial charge in [-0.15, -0.1) is 11.8 Å². The normalized spacial score (nSPS) is 19.9. The molecule has 29 heavy (non-hydrogen) atoms. The highest BCUT2D eigenvalue weighted by molar-refractivity contribution is 7.99. The number of pyridine rings is 1. The minimum absolute atomic E-state index is 0.198. The molecule has 0 spiro atoms. The highest BCUT2D eigenvalue weighted by Crippen LogP contribution is 2.48. The first kappa shape index (κ1) is 18.8. The van der Waals surface area contributed by atoms with E-state index in [4.69, 9.17) is 4.74 Å². The molecular formula is C21H23BN2O4S. The van der Waals surface area contributed by atoms with E-state index in [1.54, 1.807) is 10.6 Å². The Balaban J connectivity index is 1.49. The summed E-state index contributed by atoms with van der Waals surface area (Å²) in [7, 11) is 0. The van der Waals surface area contributed by atoms with Crippen LogP contribution in [0.2, 0.25) is 6.82 Å². The number of aliphatic hydroxyl groups excluding tert-OH is 1. The fourth-order valence-corrected chi connectivity index (χ4v) is 5.62. The quantitative estimate of drug-likeness (QED) is 0.520. The molecule has 150 valence electrons. The van der Waals surface area contributed by atoms with E-state index in [0.29, 0.717) is 18.3 Å². The number of fused-ring (bicyclic) bond motifs is 2. The molecule has 6 nitrogen and oxygen atoms in total. The second kappa shape index (κ2) is 7.27. The summed E-state index contributed by atoms with van der Waals surface area (Å²) in [4.78, 5) is 12.8. The van der Waals surface area contributed by atoms with Crippen molar-refractivity contribution in [2.45, 2.75) is 49.5 Å². The number of anilines is 1. The Morgan fingerprint density at radius 3 is 2.97 bits per heavy atom. The van der Waals surface area contributed by atoms with E-state index >= 15 is 0 Å². The summed E-state index contributed by atoms with van der Waals surface area (Å²) in [6.07, 6.45) is 2.75. The van der Waals surface area contributed by atoms with E-state index < -0.39 is 12.3 Å². The number of para-hydroxylation sites is 1. The molecule has 0 radical (unpaired) electrons. The van der Waals surface area contributed by atoms with Gasteiger partial charge < -0.3 is 20.2 Å². The van der Waals surface area contributed by atoms with Crippen LogP contribution < -0.4 is 15.5 Å². The Hall–Kier alpha value is -2.16. The van der Waals surface area contributed by atoms with Crippen LogP contribution in [0.25, 0.3) is 6.08 Å². The summed E-state index contributed by atoms with van der Waals surface area (Å²) < 4.78 is 7.75. The van der Waals surface area contributed by atoms with Crippen molar-refractivity contribution in [3.63, 3.8) is 0 Å².